The lowest BCUT2D eigenvalue weighted by Crippen LogP contribution is -2.86. The van der Waals surface area contributed by atoms with Crippen molar-refractivity contribution in [3.05, 3.63) is 84.4 Å². The fourth-order valence-electron chi connectivity index (χ4n) is 3.74. The van der Waals surface area contributed by atoms with E-state index in [1.165, 1.54) is 27.4 Å². The van der Waals surface area contributed by atoms with E-state index in [2.05, 4.69) is 89.6 Å². The van der Waals surface area contributed by atoms with Gasteiger partial charge in [-0.15, -0.1) is 0 Å². The smallest absolute Gasteiger partial charge is 0.121 e. The Balaban J connectivity index is 1.53. The maximum Gasteiger partial charge on any atom is 0.121 e. The number of aromatic nitrogens is 1. The third kappa shape index (κ3) is 3.24. The summed E-state index contributed by atoms with van der Waals surface area (Å²) in [6.45, 7) is 3.46. The molecule has 4 rings (SSSR count). The zero-order valence-electron chi connectivity index (χ0n) is 15.0. The third-order valence-corrected chi connectivity index (χ3v) is 5.16. The molecule has 0 aliphatic carbocycles. The Labute approximate surface area is 153 Å². The molecule has 0 bridgehead atoms. The molecule has 0 amide bonds. The maximum absolute atomic E-state index is 10.7. The minimum Gasteiger partial charge on any atom is -0.385 e. The van der Waals surface area contributed by atoms with Gasteiger partial charge in [0.2, 0.25) is 0 Å². The number of fused-ring (bicyclic) bond motifs is 3. The first-order valence-corrected chi connectivity index (χ1v) is 9.26. The number of aliphatic hydroxyl groups is 1. The molecule has 0 fully saturated rings. The van der Waals surface area contributed by atoms with E-state index < -0.39 is 6.10 Å². The molecule has 2 atom stereocenters. The standard InChI is InChI=1S/C23H24N2O/c1-17(18-9-3-2-4-10-18)24-15-19(26)16-25-22-13-7-5-11-20(22)21-12-6-8-14-23(21)25/h2-14,17,19,24,26H,15-16H2,1H3/p+1/t17-,19+/m1/s1. The van der Waals surface area contributed by atoms with E-state index in [-0.39, 0.29) is 0 Å². The van der Waals surface area contributed by atoms with Crippen LogP contribution in [-0.4, -0.2) is 22.3 Å². The summed E-state index contributed by atoms with van der Waals surface area (Å²) in [5.74, 6) is 0. The molecule has 0 saturated heterocycles. The molecule has 3 N–H and O–H groups in total. The highest BCUT2D eigenvalue weighted by atomic mass is 16.3. The first kappa shape index (κ1) is 16.8. The van der Waals surface area contributed by atoms with Gasteiger partial charge < -0.3 is 15.0 Å². The molecule has 3 heteroatoms. The molecule has 0 spiro atoms. The van der Waals surface area contributed by atoms with E-state index in [0.717, 1.165) is 0 Å². The van der Waals surface area contributed by atoms with Crippen LogP contribution >= 0.6 is 0 Å². The van der Waals surface area contributed by atoms with Crippen LogP contribution in [0.2, 0.25) is 0 Å². The van der Waals surface area contributed by atoms with Crippen molar-refractivity contribution in [3.63, 3.8) is 0 Å². The van der Waals surface area contributed by atoms with Crippen molar-refractivity contribution in [1.82, 2.24) is 4.57 Å². The molecule has 0 unspecified atom stereocenters. The summed E-state index contributed by atoms with van der Waals surface area (Å²) in [7, 11) is 0. The Bertz CT molecular complexity index is 953. The Morgan fingerprint density at radius 1 is 0.808 bits per heavy atom. The van der Waals surface area contributed by atoms with Gasteiger partial charge in [-0.3, -0.25) is 0 Å². The molecule has 3 aromatic carbocycles. The number of nitrogens with zero attached hydrogens (tertiary/aromatic N) is 1. The number of quaternary nitrogens is 1. The molecule has 26 heavy (non-hydrogen) atoms. The Hall–Kier alpha value is -2.62. The maximum atomic E-state index is 10.7. The topological polar surface area (TPSA) is 41.8 Å². The summed E-state index contributed by atoms with van der Waals surface area (Å²) in [6, 6.07) is 27.6. The first-order chi connectivity index (χ1) is 12.7. The highest BCUT2D eigenvalue weighted by molar-refractivity contribution is 6.07. The van der Waals surface area contributed by atoms with Crippen LogP contribution < -0.4 is 5.32 Å². The lowest BCUT2D eigenvalue weighted by atomic mass is 10.1. The number of hydrogen-bond acceptors (Lipinski definition) is 1. The van der Waals surface area contributed by atoms with Crippen LogP contribution in [0.5, 0.6) is 0 Å². The van der Waals surface area contributed by atoms with Gasteiger partial charge in [-0.05, 0) is 19.1 Å². The van der Waals surface area contributed by atoms with Crippen LogP contribution in [-0.2, 0) is 6.54 Å². The fraction of sp³-hybridized carbons (Fsp3) is 0.217. The minimum absolute atomic E-state index is 0.337. The van der Waals surface area contributed by atoms with Gasteiger partial charge in [-0.1, -0.05) is 66.7 Å². The van der Waals surface area contributed by atoms with Gasteiger partial charge in [0.05, 0.1) is 6.54 Å². The average Bonchev–Trinajstić information content (AvgIpc) is 3.01. The van der Waals surface area contributed by atoms with Crippen molar-refractivity contribution in [2.24, 2.45) is 0 Å². The lowest BCUT2D eigenvalue weighted by Gasteiger charge is -2.16. The second-order valence-corrected chi connectivity index (χ2v) is 6.97. The van der Waals surface area contributed by atoms with Gasteiger partial charge in [0, 0.05) is 27.4 Å². The number of nitrogens with two attached hydrogens (primary N) is 1. The Kier molecular flexibility index (Phi) is 4.74. The van der Waals surface area contributed by atoms with Crippen LogP contribution in [0.25, 0.3) is 21.8 Å². The van der Waals surface area contributed by atoms with Gasteiger partial charge >= 0.3 is 0 Å². The van der Waals surface area contributed by atoms with Crippen LogP contribution in [0.15, 0.2) is 78.9 Å². The number of para-hydroxylation sites is 2. The largest absolute Gasteiger partial charge is 0.385 e. The van der Waals surface area contributed by atoms with Crippen LogP contribution in [0.4, 0.5) is 0 Å². The molecule has 3 nitrogen and oxygen atoms in total. The van der Waals surface area contributed by atoms with Crippen molar-refractivity contribution in [2.45, 2.75) is 25.6 Å². The SMILES string of the molecule is C[C@@H]([NH2+]C[C@H](O)Cn1c2ccccc2c2ccccc21)c1ccccc1. The predicted octanol–water partition coefficient (Wildman–Crippen LogP) is 3.48. The minimum atomic E-state index is -0.402. The molecule has 1 aromatic heterocycles. The molecule has 1 heterocycles. The number of hydrogen-bond donors (Lipinski definition) is 2. The van der Waals surface area contributed by atoms with Crippen LogP contribution in [0, 0.1) is 0 Å². The average molecular weight is 345 g/mol. The molecule has 0 radical (unpaired) electrons. The van der Waals surface area contributed by atoms with Gasteiger partial charge in [-0.25, -0.2) is 0 Å². The summed E-state index contributed by atoms with van der Waals surface area (Å²) in [5.41, 5.74) is 3.66. The van der Waals surface area contributed by atoms with E-state index in [1.807, 2.05) is 6.07 Å². The van der Waals surface area contributed by atoms with E-state index in [1.54, 1.807) is 0 Å². The normalized spacial score (nSPS) is 13.9. The van der Waals surface area contributed by atoms with E-state index in [9.17, 15) is 5.11 Å². The Morgan fingerprint density at radius 2 is 1.35 bits per heavy atom. The summed E-state index contributed by atoms with van der Waals surface area (Å²) >= 11 is 0. The van der Waals surface area contributed by atoms with Crippen molar-refractivity contribution >= 4 is 21.8 Å². The predicted molar refractivity (Wildman–Crippen MR) is 107 cm³/mol. The van der Waals surface area contributed by atoms with Gasteiger partial charge in [0.25, 0.3) is 0 Å². The Morgan fingerprint density at radius 3 is 1.96 bits per heavy atom. The molecular weight excluding hydrogens is 320 g/mol. The molecule has 0 saturated carbocycles. The lowest BCUT2D eigenvalue weighted by molar-refractivity contribution is -0.698. The first-order valence-electron chi connectivity index (χ1n) is 9.26. The summed E-state index contributed by atoms with van der Waals surface area (Å²) in [6.07, 6.45) is -0.402. The summed E-state index contributed by atoms with van der Waals surface area (Å²) < 4.78 is 2.25. The van der Waals surface area contributed by atoms with Crippen LogP contribution in [0.3, 0.4) is 0 Å². The number of rotatable bonds is 6. The van der Waals surface area contributed by atoms with Gasteiger partial charge in [0.1, 0.15) is 18.7 Å². The summed E-state index contributed by atoms with van der Waals surface area (Å²) in [4.78, 5) is 0. The fourth-order valence-corrected chi connectivity index (χ4v) is 3.74. The van der Waals surface area contributed by atoms with Crippen LogP contribution in [0.1, 0.15) is 18.5 Å². The summed E-state index contributed by atoms with van der Waals surface area (Å²) in [5, 5.41) is 15.4. The zero-order valence-corrected chi connectivity index (χ0v) is 15.0. The quantitative estimate of drug-likeness (QED) is 0.552. The van der Waals surface area contributed by atoms with Gasteiger partial charge in [0.15, 0.2) is 0 Å². The molecule has 132 valence electrons. The third-order valence-electron chi connectivity index (χ3n) is 5.16. The zero-order chi connectivity index (χ0) is 17.9. The second kappa shape index (κ2) is 7.32. The monoisotopic (exact) mass is 345 g/mol. The molecule has 0 aliphatic rings. The van der Waals surface area contributed by atoms with E-state index in [4.69, 9.17) is 0 Å². The van der Waals surface area contributed by atoms with E-state index >= 15 is 0 Å². The molecular formula is C23H25N2O+. The number of benzene rings is 3. The second-order valence-electron chi connectivity index (χ2n) is 6.97. The van der Waals surface area contributed by atoms with Crippen molar-refractivity contribution in [1.29, 1.82) is 0 Å². The van der Waals surface area contributed by atoms with Crippen molar-refractivity contribution in [3.8, 4) is 0 Å². The molecule has 4 aromatic rings. The molecule has 0 aliphatic heterocycles. The highest BCUT2D eigenvalue weighted by Gasteiger charge is 2.16. The van der Waals surface area contributed by atoms with Crippen molar-refractivity contribution < 1.29 is 10.4 Å². The number of aliphatic hydroxyl groups excluding tert-OH is 1. The highest BCUT2D eigenvalue weighted by Crippen LogP contribution is 2.28. The van der Waals surface area contributed by atoms with E-state index in [0.29, 0.717) is 19.1 Å². The van der Waals surface area contributed by atoms with Crippen molar-refractivity contribution in [2.75, 3.05) is 6.54 Å². The van der Waals surface area contributed by atoms with Gasteiger partial charge in [-0.2, -0.15) is 0 Å².